The van der Waals surface area contributed by atoms with Crippen molar-refractivity contribution in [3.8, 4) is 0 Å². The van der Waals surface area contributed by atoms with Crippen LogP contribution in [0.3, 0.4) is 0 Å². The molecule has 1 aliphatic carbocycles. The van der Waals surface area contributed by atoms with Crippen LogP contribution in [0.5, 0.6) is 0 Å². The highest BCUT2D eigenvalue weighted by Gasteiger charge is 2.43. The quantitative estimate of drug-likeness (QED) is 0.689. The monoisotopic (exact) mass is 406 g/mol. The normalized spacial score (nSPS) is 18.0. The Morgan fingerprint density at radius 1 is 0.964 bits per heavy atom. The highest BCUT2D eigenvalue weighted by molar-refractivity contribution is 7.94. The molecule has 1 aliphatic heterocycles. The van der Waals surface area contributed by atoms with E-state index in [2.05, 4.69) is 0 Å². The van der Waals surface area contributed by atoms with Gasteiger partial charge in [0.15, 0.2) is 4.91 Å². The average molecular weight is 407 g/mol. The maximum Gasteiger partial charge on any atom is 0.249 e. The number of carbonyl (C=O) groups is 2. The molecular weight excluding hydrogens is 380 g/mol. The first-order valence-corrected chi connectivity index (χ1v) is 11.1. The zero-order valence-electron chi connectivity index (χ0n) is 16.3. The number of hydrogen-bond donors (Lipinski definition) is 0. The molecule has 0 bridgehead atoms. The molecule has 0 aromatic heterocycles. The highest BCUT2D eigenvalue weighted by atomic mass is 32.2. The number of morpholine rings is 1. The predicted molar refractivity (Wildman–Crippen MR) is 106 cm³/mol. The van der Waals surface area contributed by atoms with Gasteiger partial charge in [0.1, 0.15) is 5.70 Å². The Hall–Kier alpha value is -2.03. The van der Waals surface area contributed by atoms with Crippen molar-refractivity contribution in [2.75, 3.05) is 39.4 Å². The van der Waals surface area contributed by atoms with Crippen LogP contribution in [0.15, 0.2) is 34.9 Å². The molecule has 0 atom stereocenters. The molecule has 0 unspecified atom stereocenters. The number of benzene rings is 1. The van der Waals surface area contributed by atoms with E-state index in [9.17, 15) is 18.0 Å². The number of hydrogen-bond acceptors (Lipinski definition) is 6. The molecule has 28 heavy (non-hydrogen) atoms. The number of Topliss-reactive ketones (excluding diaryl/α,β-unsaturated/α-hetero) is 2. The summed E-state index contributed by atoms with van der Waals surface area (Å²) in [5.41, 5.74) is 0.394. The number of sulfonamides is 1. The first-order valence-electron chi connectivity index (χ1n) is 9.69. The van der Waals surface area contributed by atoms with Crippen LogP contribution in [0.25, 0.3) is 0 Å². The van der Waals surface area contributed by atoms with Crippen molar-refractivity contribution >= 4 is 21.6 Å². The van der Waals surface area contributed by atoms with Crippen LogP contribution in [0.4, 0.5) is 0 Å². The third-order valence-electron chi connectivity index (χ3n) is 4.92. The highest BCUT2D eigenvalue weighted by Crippen LogP contribution is 2.33. The van der Waals surface area contributed by atoms with E-state index in [1.165, 1.54) is 10.4 Å². The van der Waals surface area contributed by atoms with Crippen LogP contribution >= 0.6 is 0 Å². The van der Waals surface area contributed by atoms with Gasteiger partial charge in [0.05, 0.1) is 13.2 Å². The molecule has 0 N–H and O–H groups in total. The summed E-state index contributed by atoms with van der Waals surface area (Å²) in [6, 6.07) is 6.42. The fourth-order valence-electron chi connectivity index (χ4n) is 3.63. The fourth-order valence-corrected chi connectivity index (χ4v) is 5.55. The van der Waals surface area contributed by atoms with Gasteiger partial charge in [0.2, 0.25) is 21.6 Å². The minimum absolute atomic E-state index is 0.00999. The van der Waals surface area contributed by atoms with Gasteiger partial charge >= 0.3 is 0 Å². The van der Waals surface area contributed by atoms with Crippen molar-refractivity contribution in [2.24, 2.45) is 0 Å². The minimum atomic E-state index is -4.11. The maximum absolute atomic E-state index is 13.5. The second-order valence-corrected chi connectivity index (χ2v) is 8.76. The molecule has 0 saturated carbocycles. The number of nitrogens with zero attached hydrogens (tertiary/aromatic N) is 2. The molecule has 1 aromatic rings. The lowest BCUT2D eigenvalue weighted by molar-refractivity contribution is 0.0498. The largest absolute Gasteiger partial charge is 0.378 e. The van der Waals surface area contributed by atoms with Crippen LogP contribution in [0.2, 0.25) is 0 Å². The van der Waals surface area contributed by atoms with Gasteiger partial charge in [-0.2, -0.15) is 4.31 Å². The molecule has 7 nitrogen and oxygen atoms in total. The van der Waals surface area contributed by atoms with Gasteiger partial charge < -0.3 is 9.64 Å². The first-order chi connectivity index (χ1) is 13.4. The molecule has 1 aromatic carbocycles. The van der Waals surface area contributed by atoms with Crippen molar-refractivity contribution in [3.05, 3.63) is 46.0 Å². The summed E-state index contributed by atoms with van der Waals surface area (Å²) < 4.78 is 33.7. The molecule has 0 radical (unpaired) electrons. The summed E-state index contributed by atoms with van der Waals surface area (Å²) in [6.07, 6.45) is 1.25. The van der Waals surface area contributed by atoms with Crippen molar-refractivity contribution < 1.29 is 22.7 Å². The number of allylic oxidation sites excluding steroid dienone is 2. The molecule has 0 amide bonds. The van der Waals surface area contributed by atoms with Crippen LogP contribution in [0, 0.1) is 0 Å². The Kier molecular flexibility index (Phi) is 6.32. The molecule has 8 heteroatoms. The summed E-state index contributed by atoms with van der Waals surface area (Å²) in [5, 5.41) is 0. The van der Waals surface area contributed by atoms with E-state index in [0.29, 0.717) is 52.2 Å². The van der Waals surface area contributed by atoms with Crippen molar-refractivity contribution in [3.63, 3.8) is 0 Å². The Morgan fingerprint density at radius 2 is 1.50 bits per heavy atom. The number of rotatable bonds is 7. The molecule has 0 spiro atoms. The first kappa shape index (κ1) is 20.7. The maximum atomic E-state index is 13.5. The predicted octanol–water partition coefficient (Wildman–Crippen LogP) is 2.06. The summed E-state index contributed by atoms with van der Waals surface area (Å²) in [4.78, 5) is 27.9. The Labute approximate surface area is 166 Å². The second kappa shape index (κ2) is 8.55. The number of carbonyl (C=O) groups excluding carboxylic acids is 2. The average Bonchev–Trinajstić information content (AvgIpc) is 2.70. The zero-order chi connectivity index (χ0) is 20.3. The number of ether oxygens (including phenoxy) is 1. The van der Waals surface area contributed by atoms with Gasteiger partial charge in [-0.3, -0.25) is 9.59 Å². The van der Waals surface area contributed by atoms with Gasteiger partial charge in [0, 0.05) is 37.3 Å². The molecule has 1 saturated heterocycles. The van der Waals surface area contributed by atoms with Gasteiger partial charge in [-0.1, -0.05) is 38.1 Å². The van der Waals surface area contributed by atoms with Crippen molar-refractivity contribution in [1.29, 1.82) is 0 Å². The van der Waals surface area contributed by atoms with E-state index >= 15 is 0 Å². The van der Waals surface area contributed by atoms with E-state index in [0.717, 1.165) is 0 Å². The smallest absolute Gasteiger partial charge is 0.249 e. The fraction of sp³-hybridized carbons (Fsp3) is 0.500. The standard InChI is InChI=1S/C20H26N2O5S/c1-3-9-22(10-4-2)28(25,26)20-17(21-11-13-27-14-12-21)18(23)15-7-5-6-8-16(15)19(20)24/h5-8H,3-4,9-14H2,1-2H3. The third kappa shape index (κ3) is 3.64. The van der Waals surface area contributed by atoms with E-state index < -0.39 is 21.6 Å². The lowest BCUT2D eigenvalue weighted by atomic mass is 9.91. The molecule has 2 aliphatic rings. The zero-order valence-corrected chi connectivity index (χ0v) is 17.1. The third-order valence-corrected chi connectivity index (χ3v) is 6.86. The SMILES string of the molecule is CCCN(CCC)S(=O)(=O)C1=C(N2CCOCC2)C(=O)c2ccccc2C1=O. The lowest BCUT2D eigenvalue weighted by Gasteiger charge is -2.34. The Morgan fingerprint density at radius 3 is 2.04 bits per heavy atom. The molecular formula is C20H26N2O5S. The lowest BCUT2D eigenvalue weighted by Crippen LogP contribution is -2.45. The topological polar surface area (TPSA) is 84.0 Å². The van der Waals surface area contributed by atoms with E-state index in [1.54, 1.807) is 23.1 Å². The molecule has 1 heterocycles. The molecule has 152 valence electrons. The molecule has 3 rings (SSSR count). The number of fused-ring (bicyclic) bond motifs is 1. The summed E-state index contributed by atoms with van der Waals surface area (Å²) in [7, 11) is -4.11. The van der Waals surface area contributed by atoms with Gasteiger partial charge in [0.25, 0.3) is 0 Å². The van der Waals surface area contributed by atoms with E-state index in [4.69, 9.17) is 4.74 Å². The summed E-state index contributed by atoms with van der Waals surface area (Å²) >= 11 is 0. The van der Waals surface area contributed by atoms with Crippen molar-refractivity contribution in [2.45, 2.75) is 26.7 Å². The van der Waals surface area contributed by atoms with Crippen LogP contribution in [-0.4, -0.2) is 68.6 Å². The van der Waals surface area contributed by atoms with E-state index in [1.807, 2.05) is 13.8 Å². The van der Waals surface area contributed by atoms with Crippen LogP contribution < -0.4 is 0 Å². The van der Waals surface area contributed by atoms with Crippen LogP contribution in [-0.2, 0) is 14.8 Å². The Bertz CT molecular complexity index is 895. The molecule has 1 fully saturated rings. The minimum Gasteiger partial charge on any atom is -0.378 e. The number of ketones is 2. The van der Waals surface area contributed by atoms with Crippen LogP contribution in [0.1, 0.15) is 47.4 Å². The van der Waals surface area contributed by atoms with E-state index in [-0.39, 0.29) is 21.7 Å². The van der Waals surface area contributed by atoms with Gasteiger partial charge in [-0.15, -0.1) is 0 Å². The second-order valence-electron chi connectivity index (χ2n) is 6.89. The summed E-state index contributed by atoms with van der Waals surface area (Å²) in [5.74, 6) is -1.02. The van der Waals surface area contributed by atoms with Gasteiger partial charge in [-0.25, -0.2) is 8.42 Å². The summed E-state index contributed by atoms with van der Waals surface area (Å²) in [6.45, 7) is 5.89. The Balaban J connectivity index is 2.21. The van der Waals surface area contributed by atoms with Crippen molar-refractivity contribution in [1.82, 2.24) is 9.21 Å². The van der Waals surface area contributed by atoms with Gasteiger partial charge in [-0.05, 0) is 12.8 Å².